The Balaban J connectivity index is 2.12. The Morgan fingerprint density at radius 3 is 3.29 bits per heavy atom. The number of aromatic nitrogens is 2. The highest BCUT2D eigenvalue weighted by Crippen LogP contribution is 2.33. The first-order chi connectivity index (χ1) is 6.83. The van der Waals surface area contributed by atoms with Gasteiger partial charge in [-0.2, -0.15) is 11.8 Å². The summed E-state index contributed by atoms with van der Waals surface area (Å²) >= 11 is 1.92. The molecule has 1 aliphatic rings. The number of aliphatic hydroxyl groups is 1. The van der Waals surface area contributed by atoms with Crippen molar-refractivity contribution in [2.75, 3.05) is 11.5 Å². The Morgan fingerprint density at radius 2 is 2.64 bits per heavy atom. The van der Waals surface area contributed by atoms with Crippen LogP contribution in [0.2, 0.25) is 0 Å². The van der Waals surface area contributed by atoms with Crippen LogP contribution in [0.4, 0.5) is 0 Å². The molecule has 1 fully saturated rings. The zero-order valence-corrected chi connectivity index (χ0v) is 9.20. The van der Waals surface area contributed by atoms with Crippen molar-refractivity contribution in [3.8, 4) is 0 Å². The smallest absolute Gasteiger partial charge is 0.137 e. The number of hydrogen-bond acceptors (Lipinski definition) is 3. The van der Waals surface area contributed by atoms with Crippen LogP contribution in [0.25, 0.3) is 0 Å². The zero-order chi connectivity index (χ0) is 9.97. The maximum Gasteiger partial charge on any atom is 0.137 e. The first kappa shape index (κ1) is 10.1. The molecule has 2 rings (SSSR count). The average molecular weight is 212 g/mol. The van der Waals surface area contributed by atoms with E-state index in [2.05, 4.69) is 11.9 Å². The van der Waals surface area contributed by atoms with E-state index in [0.29, 0.717) is 5.92 Å². The van der Waals surface area contributed by atoms with Gasteiger partial charge in [0.1, 0.15) is 11.9 Å². The molecule has 1 saturated heterocycles. The van der Waals surface area contributed by atoms with Gasteiger partial charge < -0.3 is 9.67 Å². The van der Waals surface area contributed by atoms with Crippen molar-refractivity contribution in [3.05, 3.63) is 18.2 Å². The minimum absolute atomic E-state index is 0.375. The highest BCUT2D eigenvalue weighted by atomic mass is 32.2. The lowest BCUT2D eigenvalue weighted by Crippen LogP contribution is -2.16. The van der Waals surface area contributed by atoms with Crippen molar-refractivity contribution in [1.29, 1.82) is 0 Å². The van der Waals surface area contributed by atoms with Gasteiger partial charge in [0.2, 0.25) is 0 Å². The van der Waals surface area contributed by atoms with E-state index in [0.717, 1.165) is 24.5 Å². The molecule has 0 aromatic carbocycles. The second kappa shape index (κ2) is 4.36. The monoisotopic (exact) mass is 212 g/mol. The summed E-state index contributed by atoms with van der Waals surface area (Å²) in [6.45, 7) is 2.95. The van der Waals surface area contributed by atoms with E-state index < -0.39 is 0 Å². The number of aryl methyl sites for hydroxylation is 1. The highest BCUT2D eigenvalue weighted by molar-refractivity contribution is 7.99. The van der Waals surface area contributed by atoms with Crippen molar-refractivity contribution in [2.24, 2.45) is 5.92 Å². The Bertz CT molecular complexity index is 294. The van der Waals surface area contributed by atoms with Gasteiger partial charge in [-0.1, -0.05) is 0 Å². The van der Waals surface area contributed by atoms with Gasteiger partial charge in [0.05, 0.1) is 0 Å². The molecule has 0 spiro atoms. The van der Waals surface area contributed by atoms with Gasteiger partial charge in [0.15, 0.2) is 0 Å². The molecule has 2 heterocycles. The van der Waals surface area contributed by atoms with Crippen molar-refractivity contribution >= 4 is 11.8 Å². The number of rotatable bonds is 3. The number of thioether (sulfide) groups is 1. The van der Waals surface area contributed by atoms with E-state index in [9.17, 15) is 5.11 Å². The quantitative estimate of drug-likeness (QED) is 0.828. The summed E-state index contributed by atoms with van der Waals surface area (Å²) in [5.74, 6) is 3.47. The van der Waals surface area contributed by atoms with Crippen LogP contribution >= 0.6 is 11.8 Å². The SMILES string of the molecule is CCn1ccnc1C(O)C1CCSC1. The van der Waals surface area contributed by atoms with E-state index in [-0.39, 0.29) is 6.10 Å². The molecule has 0 bridgehead atoms. The lowest BCUT2D eigenvalue weighted by Gasteiger charge is -2.17. The standard InChI is InChI=1S/C10H16N2OS/c1-2-12-5-4-11-10(12)9(13)8-3-6-14-7-8/h4-5,8-9,13H,2-3,6-7H2,1H3. The van der Waals surface area contributed by atoms with Crippen molar-refractivity contribution < 1.29 is 5.11 Å². The largest absolute Gasteiger partial charge is 0.385 e. The molecule has 0 radical (unpaired) electrons. The van der Waals surface area contributed by atoms with Gasteiger partial charge >= 0.3 is 0 Å². The summed E-state index contributed by atoms with van der Waals surface area (Å²) in [5, 5.41) is 10.1. The molecule has 1 N–H and O–H groups in total. The fourth-order valence-corrected chi connectivity index (χ4v) is 3.15. The van der Waals surface area contributed by atoms with Crippen LogP contribution in [0.1, 0.15) is 25.3 Å². The second-order valence-corrected chi connectivity index (χ2v) is 4.79. The molecule has 78 valence electrons. The van der Waals surface area contributed by atoms with Crippen LogP contribution in [0, 0.1) is 5.92 Å². The lowest BCUT2D eigenvalue weighted by atomic mass is 10.0. The van der Waals surface area contributed by atoms with E-state index in [1.165, 1.54) is 5.75 Å². The minimum Gasteiger partial charge on any atom is -0.385 e. The third-order valence-electron chi connectivity index (χ3n) is 2.76. The zero-order valence-electron chi connectivity index (χ0n) is 8.39. The van der Waals surface area contributed by atoms with E-state index in [1.807, 2.05) is 22.5 Å². The second-order valence-electron chi connectivity index (χ2n) is 3.64. The molecule has 0 amide bonds. The van der Waals surface area contributed by atoms with Crippen LogP contribution in [-0.4, -0.2) is 26.2 Å². The number of hydrogen-bond donors (Lipinski definition) is 1. The van der Waals surface area contributed by atoms with Gasteiger partial charge in [-0.05, 0) is 24.9 Å². The van der Waals surface area contributed by atoms with Gasteiger partial charge in [-0.25, -0.2) is 4.98 Å². The summed E-state index contributed by atoms with van der Waals surface area (Å²) < 4.78 is 2.02. The Morgan fingerprint density at radius 1 is 1.79 bits per heavy atom. The summed E-state index contributed by atoms with van der Waals surface area (Å²) in [4.78, 5) is 4.24. The van der Waals surface area contributed by atoms with Crippen molar-refractivity contribution in [1.82, 2.24) is 9.55 Å². The Hall–Kier alpha value is -0.480. The molecule has 14 heavy (non-hydrogen) atoms. The first-order valence-corrected chi connectivity index (χ1v) is 6.25. The molecule has 1 aromatic heterocycles. The molecule has 0 aliphatic carbocycles. The molecule has 3 nitrogen and oxygen atoms in total. The van der Waals surface area contributed by atoms with E-state index in [4.69, 9.17) is 0 Å². The Labute approximate surface area is 88.5 Å². The van der Waals surface area contributed by atoms with E-state index in [1.54, 1.807) is 6.20 Å². The lowest BCUT2D eigenvalue weighted by molar-refractivity contribution is 0.108. The van der Waals surface area contributed by atoms with Crippen LogP contribution < -0.4 is 0 Å². The fraction of sp³-hybridized carbons (Fsp3) is 0.700. The minimum atomic E-state index is -0.375. The number of aliphatic hydroxyl groups excluding tert-OH is 1. The van der Waals surface area contributed by atoms with Gasteiger partial charge in [-0.15, -0.1) is 0 Å². The molecular formula is C10H16N2OS. The number of imidazole rings is 1. The van der Waals surface area contributed by atoms with Gasteiger partial charge in [0, 0.05) is 24.9 Å². The summed E-state index contributed by atoms with van der Waals surface area (Å²) in [5.41, 5.74) is 0. The van der Waals surface area contributed by atoms with Crippen molar-refractivity contribution in [2.45, 2.75) is 26.0 Å². The molecule has 2 unspecified atom stereocenters. The van der Waals surface area contributed by atoms with E-state index >= 15 is 0 Å². The summed E-state index contributed by atoms with van der Waals surface area (Å²) in [6.07, 6.45) is 4.44. The molecule has 4 heteroatoms. The van der Waals surface area contributed by atoms with Gasteiger partial charge in [0.25, 0.3) is 0 Å². The molecular weight excluding hydrogens is 196 g/mol. The number of nitrogens with zero attached hydrogens (tertiary/aromatic N) is 2. The van der Waals surface area contributed by atoms with Crippen molar-refractivity contribution in [3.63, 3.8) is 0 Å². The molecule has 2 atom stereocenters. The maximum absolute atomic E-state index is 10.1. The fourth-order valence-electron chi connectivity index (χ4n) is 1.87. The normalized spacial score (nSPS) is 24.0. The summed E-state index contributed by atoms with van der Waals surface area (Å²) in [6, 6.07) is 0. The summed E-state index contributed by atoms with van der Waals surface area (Å²) in [7, 11) is 0. The van der Waals surface area contributed by atoms with Crippen LogP contribution in [0.15, 0.2) is 12.4 Å². The van der Waals surface area contributed by atoms with Crippen LogP contribution in [0.3, 0.4) is 0 Å². The highest BCUT2D eigenvalue weighted by Gasteiger charge is 2.27. The third kappa shape index (κ3) is 1.81. The van der Waals surface area contributed by atoms with Crippen LogP contribution in [-0.2, 0) is 6.54 Å². The predicted octanol–water partition coefficient (Wildman–Crippen LogP) is 1.69. The molecule has 1 aliphatic heterocycles. The molecule has 0 saturated carbocycles. The first-order valence-electron chi connectivity index (χ1n) is 5.09. The van der Waals surface area contributed by atoms with Crippen LogP contribution in [0.5, 0.6) is 0 Å². The Kier molecular flexibility index (Phi) is 3.13. The maximum atomic E-state index is 10.1. The third-order valence-corrected chi connectivity index (χ3v) is 3.95. The average Bonchev–Trinajstić information content (AvgIpc) is 2.87. The predicted molar refractivity (Wildman–Crippen MR) is 58.3 cm³/mol. The van der Waals surface area contributed by atoms with Gasteiger partial charge in [-0.3, -0.25) is 0 Å². The topological polar surface area (TPSA) is 38.0 Å². The molecule has 1 aromatic rings.